The van der Waals surface area contributed by atoms with Gasteiger partial charge in [0.05, 0.1) is 24.2 Å². The number of methoxy groups -OCH3 is 2. The first-order valence-corrected chi connectivity index (χ1v) is 6.09. The number of esters is 1. The Morgan fingerprint density at radius 3 is 2.70 bits per heavy atom. The predicted molar refractivity (Wildman–Crippen MR) is 74.0 cm³/mol. The van der Waals surface area contributed by atoms with Gasteiger partial charge in [-0.25, -0.2) is 4.79 Å². The van der Waals surface area contributed by atoms with Gasteiger partial charge in [-0.15, -0.1) is 0 Å². The second-order valence-corrected chi connectivity index (χ2v) is 4.42. The molecule has 0 aliphatic heterocycles. The van der Waals surface area contributed by atoms with Gasteiger partial charge in [0.1, 0.15) is 5.69 Å². The van der Waals surface area contributed by atoms with E-state index in [0.29, 0.717) is 18.8 Å². The molecule has 0 aromatic heterocycles. The molecule has 1 unspecified atom stereocenters. The maximum Gasteiger partial charge on any atom is 0.337 e. The van der Waals surface area contributed by atoms with Crippen LogP contribution in [0.5, 0.6) is 0 Å². The Morgan fingerprint density at radius 1 is 1.45 bits per heavy atom. The van der Waals surface area contributed by atoms with Crippen molar-refractivity contribution in [2.45, 2.75) is 6.92 Å². The van der Waals surface area contributed by atoms with E-state index in [2.05, 4.69) is 10.1 Å². The Morgan fingerprint density at radius 2 is 2.15 bits per heavy atom. The van der Waals surface area contributed by atoms with Crippen molar-refractivity contribution in [3.05, 3.63) is 33.9 Å². The Hall–Kier alpha value is -2.15. The first kappa shape index (κ1) is 15.9. The van der Waals surface area contributed by atoms with E-state index in [1.807, 2.05) is 6.92 Å². The van der Waals surface area contributed by atoms with Crippen LogP contribution in [0.3, 0.4) is 0 Å². The molecule has 0 fully saturated rings. The van der Waals surface area contributed by atoms with Gasteiger partial charge in [-0.2, -0.15) is 0 Å². The molecule has 7 heteroatoms. The van der Waals surface area contributed by atoms with E-state index < -0.39 is 10.9 Å². The van der Waals surface area contributed by atoms with Crippen LogP contribution in [0.2, 0.25) is 0 Å². The molecule has 0 bridgehead atoms. The quantitative estimate of drug-likeness (QED) is 0.467. The third kappa shape index (κ3) is 4.20. The van der Waals surface area contributed by atoms with E-state index in [-0.39, 0.29) is 17.2 Å². The standard InChI is InChI=1S/C13H18N2O5/c1-9(8-19-2)7-14-11-6-10(13(16)20-3)4-5-12(11)15(17)18/h4-6,9,14H,7-8H2,1-3H3. The van der Waals surface area contributed by atoms with Crippen molar-refractivity contribution >= 4 is 17.3 Å². The summed E-state index contributed by atoms with van der Waals surface area (Å²) in [5.41, 5.74) is 0.475. The minimum Gasteiger partial charge on any atom is -0.465 e. The number of rotatable bonds is 7. The van der Waals surface area contributed by atoms with Crippen LogP contribution in [0, 0.1) is 16.0 Å². The second kappa shape index (κ2) is 7.44. The topological polar surface area (TPSA) is 90.7 Å². The summed E-state index contributed by atoms with van der Waals surface area (Å²) in [6, 6.07) is 4.08. The monoisotopic (exact) mass is 282 g/mol. The fourth-order valence-electron chi connectivity index (χ4n) is 1.71. The maximum atomic E-state index is 11.4. The number of carbonyl (C=O) groups excluding carboxylic acids is 1. The summed E-state index contributed by atoms with van der Waals surface area (Å²) in [4.78, 5) is 21.9. The van der Waals surface area contributed by atoms with E-state index in [1.165, 1.54) is 25.3 Å². The summed E-state index contributed by atoms with van der Waals surface area (Å²) in [7, 11) is 2.86. The fourth-order valence-corrected chi connectivity index (χ4v) is 1.71. The minimum atomic E-state index is -0.534. The van der Waals surface area contributed by atoms with Crippen LogP contribution in [0.15, 0.2) is 18.2 Å². The average molecular weight is 282 g/mol. The average Bonchev–Trinajstić information content (AvgIpc) is 2.44. The number of hydrogen-bond donors (Lipinski definition) is 1. The molecule has 0 spiro atoms. The Balaban J connectivity index is 2.94. The molecule has 0 saturated carbocycles. The van der Waals surface area contributed by atoms with Crippen molar-refractivity contribution in [3.8, 4) is 0 Å². The summed E-state index contributed by atoms with van der Waals surface area (Å²) in [5, 5.41) is 13.9. The Kier molecular flexibility index (Phi) is 5.92. The van der Waals surface area contributed by atoms with Crippen molar-refractivity contribution in [1.82, 2.24) is 0 Å². The Bertz CT molecular complexity index is 490. The molecule has 0 amide bonds. The first-order chi connectivity index (χ1) is 9.49. The number of nitro groups is 1. The number of nitrogens with zero attached hydrogens (tertiary/aromatic N) is 1. The van der Waals surface area contributed by atoms with Crippen LogP contribution in [-0.4, -0.2) is 38.3 Å². The number of ether oxygens (including phenoxy) is 2. The van der Waals surface area contributed by atoms with Gasteiger partial charge < -0.3 is 14.8 Å². The van der Waals surface area contributed by atoms with Crippen LogP contribution in [0.4, 0.5) is 11.4 Å². The minimum absolute atomic E-state index is 0.0812. The van der Waals surface area contributed by atoms with Crippen molar-refractivity contribution in [2.75, 3.05) is 32.7 Å². The lowest BCUT2D eigenvalue weighted by Crippen LogP contribution is -2.16. The third-order valence-corrected chi connectivity index (χ3v) is 2.71. The molecule has 110 valence electrons. The van der Waals surface area contributed by atoms with Gasteiger partial charge in [0.25, 0.3) is 5.69 Å². The van der Waals surface area contributed by atoms with E-state index >= 15 is 0 Å². The summed E-state index contributed by atoms with van der Waals surface area (Å²) in [6.07, 6.45) is 0. The summed E-state index contributed by atoms with van der Waals surface area (Å²) in [5.74, 6) is -0.353. The number of anilines is 1. The lowest BCUT2D eigenvalue weighted by atomic mass is 10.1. The summed E-state index contributed by atoms with van der Waals surface area (Å²) in [6.45, 7) is 2.99. The van der Waals surface area contributed by atoms with Gasteiger partial charge in [0.15, 0.2) is 0 Å². The molecule has 1 aromatic carbocycles. The zero-order chi connectivity index (χ0) is 15.1. The van der Waals surface area contributed by atoms with Gasteiger partial charge in [0, 0.05) is 19.7 Å². The number of carbonyl (C=O) groups is 1. The molecular weight excluding hydrogens is 264 g/mol. The van der Waals surface area contributed by atoms with Crippen molar-refractivity contribution in [1.29, 1.82) is 0 Å². The highest BCUT2D eigenvalue weighted by Gasteiger charge is 2.17. The molecule has 7 nitrogen and oxygen atoms in total. The summed E-state index contributed by atoms with van der Waals surface area (Å²) >= 11 is 0. The van der Waals surface area contributed by atoms with Gasteiger partial charge in [-0.1, -0.05) is 6.92 Å². The molecule has 1 atom stereocenters. The number of nitro benzene ring substituents is 1. The zero-order valence-corrected chi connectivity index (χ0v) is 11.7. The van der Waals surface area contributed by atoms with E-state index in [9.17, 15) is 14.9 Å². The molecule has 0 heterocycles. The van der Waals surface area contributed by atoms with Crippen molar-refractivity contribution in [3.63, 3.8) is 0 Å². The van der Waals surface area contributed by atoms with Crippen LogP contribution in [0.25, 0.3) is 0 Å². The predicted octanol–water partition coefficient (Wildman–Crippen LogP) is 2.08. The first-order valence-electron chi connectivity index (χ1n) is 6.09. The number of hydrogen-bond acceptors (Lipinski definition) is 6. The molecule has 0 aliphatic carbocycles. The van der Waals surface area contributed by atoms with Crippen LogP contribution in [-0.2, 0) is 9.47 Å². The van der Waals surface area contributed by atoms with Gasteiger partial charge in [-0.3, -0.25) is 10.1 Å². The highest BCUT2D eigenvalue weighted by atomic mass is 16.6. The van der Waals surface area contributed by atoms with E-state index in [1.54, 1.807) is 7.11 Å². The normalized spacial score (nSPS) is 11.8. The molecule has 0 saturated heterocycles. The summed E-state index contributed by atoms with van der Waals surface area (Å²) < 4.78 is 9.60. The SMILES string of the molecule is COCC(C)CNc1cc(C(=O)OC)ccc1[N+](=O)[O-]. The highest BCUT2D eigenvalue weighted by Crippen LogP contribution is 2.26. The zero-order valence-electron chi connectivity index (χ0n) is 11.7. The van der Waals surface area contributed by atoms with E-state index in [4.69, 9.17) is 4.74 Å². The van der Waals surface area contributed by atoms with Gasteiger partial charge >= 0.3 is 5.97 Å². The molecule has 0 aliphatic rings. The van der Waals surface area contributed by atoms with Crippen molar-refractivity contribution < 1.29 is 19.2 Å². The second-order valence-electron chi connectivity index (χ2n) is 4.42. The molecule has 1 N–H and O–H groups in total. The molecule has 0 radical (unpaired) electrons. The Labute approximate surface area is 117 Å². The van der Waals surface area contributed by atoms with Crippen molar-refractivity contribution in [2.24, 2.45) is 5.92 Å². The van der Waals surface area contributed by atoms with Gasteiger partial charge in [0.2, 0.25) is 0 Å². The molecular formula is C13H18N2O5. The van der Waals surface area contributed by atoms with Crippen LogP contribution in [0.1, 0.15) is 17.3 Å². The lowest BCUT2D eigenvalue weighted by Gasteiger charge is -2.13. The van der Waals surface area contributed by atoms with Crippen LogP contribution < -0.4 is 5.32 Å². The third-order valence-electron chi connectivity index (χ3n) is 2.71. The fraction of sp³-hybridized carbons (Fsp3) is 0.462. The molecule has 1 rings (SSSR count). The number of nitrogens with one attached hydrogen (secondary N) is 1. The van der Waals surface area contributed by atoms with Crippen LogP contribution >= 0.6 is 0 Å². The number of benzene rings is 1. The van der Waals surface area contributed by atoms with Gasteiger partial charge in [-0.05, 0) is 18.1 Å². The largest absolute Gasteiger partial charge is 0.465 e. The smallest absolute Gasteiger partial charge is 0.337 e. The molecule has 1 aromatic rings. The lowest BCUT2D eigenvalue weighted by molar-refractivity contribution is -0.384. The highest BCUT2D eigenvalue weighted by molar-refractivity contribution is 5.91. The molecule has 20 heavy (non-hydrogen) atoms. The maximum absolute atomic E-state index is 11.4. The van der Waals surface area contributed by atoms with E-state index in [0.717, 1.165) is 0 Å².